The summed E-state index contributed by atoms with van der Waals surface area (Å²) in [7, 11) is 0. The van der Waals surface area contributed by atoms with Crippen LogP contribution >= 0.6 is 0 Å². The lowest BCUT2D eigenvalue weighted by molar-refractivity contribution is 0.122. The van der Waals surface area contributed by atoms with Gasteiger partial charge in [-0.25, -0.2) is 4.98 Å². The van der Waals surface area contributed by atoms with Gasteiger partial charge in [-0.15, -0.1) is 0 Å². The summed E-state index contributed by atoms with van der Waals surface area (Å²) in [5.41, 5.74) is 3.57. The van der Waals surface area contributed by atoms with Crippen molar-refractivity contribution < 1.29 is 4.74 Å². The van der Waals surface area contributed by atoms with Crippen LogP contribution in [0.2, 0.25) is 0 Å². The highest BCUT2D eigenvalue weighted by Gasteiger charge is 2.16. The lowest BCUT2D eigenvalue weighted by Gasteiger charge is -2.27. The number of nitrogens with zero attached hydrogens (tertiary/aromatic N) is 3. The second-order valence-electron chi connectivity index (χ2n) is 6.73. The van der Waals surface area contributed by atoms with Crippen LogP contribution in [-0.2, 0) is 11.3 Å². The fourth-order valence-corrected chi connectivity index (χ4v) is 3.80. The number of para-hydroxylation sites is 1. The smallest absolute Gasteiger partial charge is 0.143 e. The maximum absolute atomic E-state index is 5.48. The third kappa shape index (κ3) is 2.63. The van der Waals surface area contributed by atoms with Crippen molar-refractivity contribution in [2.24, 2.45) is 0 Å². The Bertz CT molecular complexity index is 1050. The molecule has 0 unspecified atom stereocenters. The van der Waals surface area contributed by atoms with Crippen molar-refractivity contribution in [3.63, 3.8) is 0 Å². The normalized spacial score (nSPS) is 15.0. The fourth-order valence-electron chi connectivity index (χ4n) is 3.80. The number of fused-ring (bicyclic) bond motifs is 3. The van der Waals surface area contributed by atoms with Gasteiger partial charge < -0.3 is 14.2 Å². The molecule has 1 aliphatic rings. The Balaban J connectivity index is 1.68. The van der Waals surface area contributed by atoms with Crippen LogP contribution in [0.15, 0.2) is 66.7 Å². The van der Waals surface area contributed by atoms with Gasteiger partial charge in [0.2, 0.25) is 0 Å². The molecule has 0 spiro atoms. The van der Waals surface area contributed by atoms with Gasteiger partial charge >= 0.3 is 0 Å². The number of ether oxygens (including phenoxy) is 1. The van der Waals surface area contributed by atoms with E-state index in [4.69, 9.17) is 9.72 Å². The van der Waals surface area contributed by atoms with Gasteiger partial charge in [-0.1, -0.05) is 48.5 Å². The zero-order chi connectivity index (χ0) is 17.3. The van der Waals surface area contributed by atoms with E-state index in [9.17, 15) is 0 Å². The summed E-state index contributed by atoms with van der Waals surface area (Å²) in [4.78, 5) is 7.38. The van der Waals surface area contributed by atoms with Gasteiger partial charge in [-0.2, -0.15) is 0 Å². The molecule has 0 bridgehead atoms. The molecule has 130 valence electrons. The highest BCUT2D eigenvalue weighted by molar-refractivity contribution is 6.07. The van der Waals surface area contributed by atoms with Gasteiger partial charge in [0.25, 0.3) is 0 Å². The first-order valence-electron chi connectivity index (χ1n) is 9.15. The maximum atomic E-state index is 5.48. The summed E-state index contributed by atoms with van der Waals surface area (Å²) in [5, 5.41) is 2.48. The Kier molecular flexibility index (Phi) is 3.83. The Labute approximate surface area is 152 Å². The summed E-state index contributed by atoms with van der Waals surface area (Å²) < 4.78 is 7.82. The van der Waals surface area contributed by atoms with E-state index in [0.717, 1.165) is 44.3 Å². The minimum absolute atomic E-state index is 0.771. The van der Waals surface area contributed by atoms with E-state index < -0.39 is 0 Å². The monoisotopic (exact) mass is 343 g/mol. The number of pyridine rings is 1. The topological polar surface area (TPSA) is 30.3 Å². The van der Waals surface area contributed by atoms with E-state index in [-0.39, 0.29) is 0 Å². The van der Waals surface area contributed by atoms with Crippen LogP contribution in [0.4, 0.5) is 5.82 Å². The number of rotatable bonds is 3. The number of hydrogen-bond donors (Lipinski definition) is 0. The zero-order valence-corrected chi connectivity index (χ0v) is 14.6. The molecular weight excluding hydrogens is 322 g/mol. The van der Waals surface area contributed by atoms with Gasteiger partial charge in [0.05, 0.1) is 18.7 Å². The molecule has 3 heterocycles. The Morgan fingerprint density at radius 3 is 2.42 bits per heavy atom. The average molecular weight is 343 g/mol. The van der Waals surface area contributed by atoms with E-state index in [1.165, 1.54) is 21.9 Å². The predicted molar refractivity (Wildman–Crippen MR) is 106 cm³/mol. The average Bonchev–Trinajstić information content (AvgIpc) is 3.03. The first-order chi connectivity index (χ1) is 12.9. The van der Waals surface area contributed by atoms with Gasteiger partial charge in [0.1, 0.15) is 11.5 Å². The molecule has 1 saturated heterocycles. The maximum Gasteiger partial charge on any atom is 0.143 e. The molecule has 0 aliphatic carbocycles. The second kappa shape index (κ2) is 6.46. The standard InChI is InChI=1S/C22H21N3O/c1-2-6-17(7-3-1)16-25-20-9-5-4-8-18(20)19-10-11-21(23-22(19)25)24-12-14-26-15-13-24/h1-11H,12-16H2. The molecule has 4 aromatic rings. The van der Waals surface area contributed by atoms with Crippen LogP contribution in [0.1, 0.15) is 5.56 Å². The van der Waals surface area contributed by atoms with Crippen LogP contribution in [-0.4, -0.2) is 35.9 Å². The summed E-state index contributed by atoms with van der Waals surface area (Å²) in [6, 6.07) is 23.5. The third-order valence-corrected chi connectivity index (χ3v) is 5.12. The predicted octanol–water partition coefficient (Wildman–Crippen LogP) is 4.07. The van der Waals surface area contributed by atoms with E-state index >= 15 is 0 Å². The molecule has 5 rings (SSSR count). The van der Waals surface area contributed by atoms with Gasteiger partial charge in [0.15, 0.2) is 0 Å². The molecular formula is C22H21N3O. The van der Waals surface area contributed by atoms with Crippen LogP contribution in [0.3, 0.4) is 0 Å². The van der Waals surface area contributed by atoms with E-state index in [2.05, 4.69) is 76.2 Å². The van der Waals surface area contributed by atoms with Crippen molar-refractivity contribution in [1.82, 2.24) is 9.55 Å². The lowest BCUT2D eigenvalue weighted by Crippen LogP contribution is -2.36. The molecule has 0 saturated carbocycles. The molecule has 0 amide bonds. The highest BCUT2D eigenvalue weighted by Crippen LogP contribution is 2.30. The summed E-state index contributed by atoms with van der Waals surface area (Å²) in [6.45, 7) is 4.17. The second-order valence-corrected chi connectivity index (χ2v) is 6.73. The number of anilines is 1. The van der Waals surface area contributed by atoms with Crippen LogP contribution in [0.5, 0.6) is 0 Å². The van der Waals surface area contributed by atoms with Gasteiger partial charge in [-0.3, -0.25) is 0 Å². The third-order valence-electron chi connectivity index (χ3n) is 5.12. The van der Waals surface area contributed by atoms with Crippen molar-refractivity contribution in [3.8, 4) is 0 Å². The SMILES string of the molecule is c1ccc(Cn2c3ccccc3c3ccc(N4CCOCC4)nc32)cc1. The molecule has 0 radical (unpaired) electrons. The van der Waals surface area contributed by atoms with Crippen molar-refractivity contribution in [2.45, 2.75) is 6.54 Å². The molecule has 4 heteroatoms. The molecule has 26 heavy (non-hydrogen) atoms. The minimum atomic E-state index is 0.771. The van der Waals surface area contributed by atoms with Crippen molar-refractivity contribution in [1.29, 1.82) is 0 Å². The molecule has 1 aliphatic heterocycles. The van der Waals surface area contributed by atoms with Crippen LogP contribution in [0, 0.1) is 0 Å². The quantitative estimate of drug-likeness (QED) is 0.562. The summed E-state index contributed by atoms with van der Waals surface area (Å²) in [5.74, 6) is 1.04. The molecule has 1 fully saturated rings. The van der Waals surface area contributed by atoms with Crippen LogP contribution < -0.4 is 4.90 Å². The molecule has 2 aromatic carbocycles. The molecule has 4 nitrogen and oxygen atoms in total. The molecule has 0 atom stereocenters. The highest BCUT2D eigenvalue weighted by atomic mass is 16.5. The largest absolute Gasteiger partial charge is 0.378 e. The molecule has 2 aromatic heterocycles. The summed E-state index contributed by atoms with van der Waals surface area (Å²) in [6.07, 6.45) is 0. The summed E-state index contributed by atoms with van der Waals surface area (Å²) >= 11 is 0. The fraction of sp³-hybridized carbons (Fsp3) is 0.227. The van der Waals surface area contributed by atoms with E-state index in [1.54, 1.807) is 0 Å². The van der Waals surface area contributed by atoms with E-state index in [1.807, 2.05) is 0 Å². The first kappa shape index (κ1) is 15.4. The van der Waals surface area contributed by atoms with Gasteiger partial charge in [0, 0.05) is 30.4 Å². The van der Waals surface area contributed by atoms with E-state index in [0.29, 0.717) is 0 Å². The van der Waals surface area contributed by atoms with Crippen molar-refractivity contribution >= 4 is 27.8 Å². The molecule has 0 N–H and O–H groups in total. The minimum Gasteiger partial charge on any atom is -0.378 e. The Morgan fingerprint density at radius 1 is 0.808 bits per heavy atom. The van der Waals surface area contributed by atoms with Gasteiger partial charge in [-0.05, 0) is 23.8 Å². The Hall–Kier alpha value is -2.85. The van der Waals surface area contributed by atoms with Crippen molar-refractivity contribution in [2.75, 3.05) is 31.2 Å². The first-order valence-corrected chi connectivity index (χ1v) is 9.15. The number of aromatic nitrogens is 2. The lowest BCUT2D eigenvalue weighted by atomic mass is 10.2. The number of morpholine rings is 1. The van der Waals surface area contributed by atoms with Crippen molar-refractivity contribution in [3.05, 3.63) is 72.3 Å². The van der Waals surface area contributed by atoms with Crippen LogP contribution in [0.25, 0.3) is 21.9 Å². The zero-order valence-electron chi connectivity index (χ0n) is 14.6. The Morgan fingerprint density at radius 2 is 1.58 bits per heavy atom. The number of benzene rings is 2. The number of hydrogen-bond acceptors (Lipinski definition) is 3.